The van der Waals surface area contributed by atoms with Gasteiger partial charge in [-0.1, -0.05) is 37.3 Å². The summed E-state index contributed by atoms with van der Waals surface area (Å²) in [6.45, 7) is 1.68. The lowest BCUT2D eigenvalue weighted by Crippen LogP contribution is -2.45. The molecule has 16 heavy (non-hydrogen) atoms. The molecule has 1 aromatic carbocycles. The number of aliphatic hydroxyl groups is 1. The average Bonchev–Trinajstić information content (AvgIpc) is 2.27. The van der Waals surface area contributed by atoms with Crippen LogP contribution in [0.1, 0.15) is 25.3 Å². The molecule has 84 valence electrons. The molecule has 1 aliphatic rings. The van der Waals surface area contributed by atoms with Gasteiger partial charge in [-0.3, -0.25) is 9.59 Å². The third-order valence-electron chi connectivity index (χ3n) is 3.31. The number of hydrogen-bond acceptors (Lipinski definition) is 3. The number of carbonyl (C=O) groups excluding carboxylic acids is 2. The van der Waals surface area contributed by atoms with Crippen molar-refractivity contribution in [2.75, 3.05) is 0 Å². The molecule has 0 unspecified atom stereocenters. The zero-order valence-corrected chi connectivity index (χ0v) is 9.14. The summed E-state index contributed by atoms with van der Waals surface area (Å²) in [5.74, 6) is -0.885. The van der Waals surface area contributed by atoms with E-state index in [0.717, 1.165) is 0 Å². The van der Waals surface area contributed by atoms with Crippen molar-refractivity contribution >= 4 is 11.6 Å². The molecule has 1 fully saturated rings. The summed E-state index contributed by atoms with van der Waals surface area (Å²) in [6.07, 6.45) is -0.0137. The topological polar surface area (TPSA) is 54.4 Å². The highest BCUT2D eigenvalue weighted by Gasteiger charge is 2.45. The van der Waals surface area contributed by atoms with Crippen molar-refractivity contribution in [2.45, 2.75) is 25.4 Å². The maximum Gasteiger partial charge on any atom is 0.146 e. The van der Waals surface area contributed by atoms with E-state index in [1.54, 1.807) is 31.2 Å². The van der Waals surface area contributed by atoms with Gasteiger partial charge in [0.2, 0.25) is 0 Å². The lowest BCUT2D eigenvalue weighted by atomic mass is 9.71. The number of rotatable bonds is 1. The van der Waals surface area contributed by atoms with E-state index in [2.05, 4.69) is 0 Å². The molecule has 0 bridgehead atoms. The Morgan fingerprint density at radius 2 is 1.88 bits per heavy atom. The number of ketones is 2. The first kappa shape index (κ1) is 11.0. The smallest absolute Gasteiger partial charge is 0.146 e. The van der Waals surface area contributed by atoms with Gasteiger partial charge in [0.05, 0.1) is 6.42 Å². The van der Waals surface area contributed by atoms with Gasteiger partial charge in [0.15, 0.2) is 0 Å². The van der Waals surface area contributed by atoms with Crippen LogP contribution < -0.4 is 0 Å². The summed E-state index contributed by atoms with van der Waals surface area (Å²) in [4.78, 5) is 23.0. The number of benzene rings is 1. The van der Waals surface area contributed by atoms with Crippen LogP contribution >= 0.6 is 0 Å². The highest BCUT2D eigenvalue weighted by molar-refractivity contribution is 6.03. The van der Waals surface area contributed by atoms with Crippen molar-refractivity contribution in [2.24, 2.45) is 5.92 Å². The van der Waals surface area contributed by atoms with E-state index in [1.165, 1.54) is 0 Å². The molecule has 0 heterocycles. The van der Waals surface area contributed by atoms with Crippen molar-refractivity contribution in [3.63, 3.8) is 0 Å². The van der Waals surface area contributed by atoms with Gasteiger partial charge < -0.3 is 5.11 Å². The zero-order valence-electron chi connectivity index (χ0n) is 9.14. The molecule has 0 aromatic heterocycles. The largest absolute Gasteiger partial charge is 0.384 e. The van der Waals surface area contributed by atoms with E-state index in [4.69, 9.17) is 0 Å². The molecule has 0 radical (unpaired) electrons. The van der Waals surface area contributed by atoms with Crippen LogP contribution in [0.3, 0.4) is 0 Å². The third kappa shape index (κ3) is 1.67. The van der Waals surface area contributed by atoms with Crippen LogP contribution in [-0.2, 0) is 15.2 Å². The standard InChI is InChI=1S/C13H14O3/c1-9-12(15)7-11(14)8-13(9,16)10-5-3-2-4-6-10/h2-6,9,16H,7-8H2,1H3/t9-,13+/m1/s1. The summed E-state index contributed by atoms with van der Waals surface area (Å²) in [7, 11) is 0. The Morgan fingerprint density at radius 1 is 1.25 bits per heavy atom. The summed E-state index contributed by atoms with van der Waals surface area (Å²) >= 11 is 0. The second-order valence-corrected chi connectivity index (χ2v) is 4.37. The highest BCUT2D eigenvalue weighted by Crippen LogP contribution is 2.38. The van der Waals surface area contributed by atoms with Gasteiger partial charge in [-0.15, -0.1) is 0 Å². The number of carbonyl (C=O) groups is 2. The zero-order chi connectivity index (χ0) is 11.8. The Kier molecular flexibility index (Phi) is 2.64. The maximum atomic E-state index is 11.6. The molecule has 1 aromatic rings. The molecule has 3 heteroatoms. The molecule has 2 atom stereocenters. The van der Waals surface area contributed by atoms with Gasteiger partial charge >= 0.3 is 0 Å². The lowest BCUT2D eigenvalue weighted by Gasteiger charge is -2.36. The maximum absolute atomic E-state index is 11.6. The van der Waals surface area contributed by atoms with Gasteiger partial charge in [0.1, 0.15) is 17.2 Å². The third-order valence-corrected chi connectivity index (χ3v) is 3.31. The predicted octanol–water partition coefficient (Wildman–Crippen LogP) is 1.44. The molecule has 3 nitrogen and oxygen atoms in total. The summed E-state index contributed by atoms with van der Waals surface area (Å²) in [5, 5.41) is 10.5. The van der Waals surface area contributed by atoms with Crippen molar-refractivity contribution in [3.05, 3.63) is 35.9 Å². The summed E-state index contributed by atoms with van der Waals surface area (Å²) in [6, 6.07) is 8.93. The fourth-order valence-corrected chi connectivity index (χ4v) is 2.21. The van der Waals surface area contributed by atoms with Crippen LogP contribution in [0.25, 0.3) is 0 Å². The van der Waals surface area contributed by atoms with Crippen molar-refractivity contribution < 1.29 is 14.7 Å². The molecule has 1 saturated carbocycles. The van der Waals surface area contributed by atoms with Gasteiger partial charge in [0.25, 0.3) is 0 Å². The molecular weight excluding hydrogens is 204 g/mol. The molecule has 0 aliphatic heterocycles. The molecular formula is C13H14O3. The molecule has 0 amide bonds. The Labute approximate surface area is 94.1 Å². The minimum absolute atomic E-state index is 0.0317. The second kappa shape index (κ2) is 3.83. The summed E-state index contributed by atoms with van der Waals surface area (Å²) in [5.41, 5.74) is -0.683. The first-order chi connectivity index (χ1) is 7.54. The normalized spacial score (nSPS) is 30.5. The average molecular weight is 218 g/mol. The van der Waals surface area contributed by atoms with E-state index in [-0.39, 0.29) is 24.4 Å². The molecule has 0 saturated heterocycles. The van der Waals surface area contributed by atoms with E-state index in [0.29, 0.717) is 5.56 Å². The minimum atomic E-state index is -1.33. The Hall–Kier alpha value is -1.48. The van der Waals surface area contributed by atoms with Crippen LogP contribution in [-0.4, -0.2) is 16.7 Å². The fourth-order valence-electron chi connectivity index (χ4n) is 2.21. The van der Waals surface area contributed by atoms with Crippen LogP contribution in [0.2, 0.25) is 0 Å². The van der Waals surface area contributed by atoms with Crippen LogP contribution in [0.4, 0.5) is 0 Å². The van der Waals surface area contributed by atoms with E-state index in [9.17, 15) is 14.7 Å². The monoisotopic (exact) mass is 218 g/mol. The van der Waals surface area contributed by atoms with Crippen molar-refractivity contribution in [1.29, 1.82) is 0 Å². The quantitative estimate of drug-likeness (QED) is 0.726. The van der Waals surface area contributed by atoms with Gasteiger partial charge in [-0.25, -0.2) is 0 Å². The van der Waals surface area contributed by atoms with E-state index in [1.807, 2.05) is 6.07 Å². The van der Waals surface area contributed by atoms with Crippen LogP contribution in [0.5, 0.6) is 0 Å². The van der Waals surface area contributed by atoms with Gasteiger partial charge in [-0.05, 0) is 5.56 Å². The minimum Gasteiger partial charge on any atom is -0.384 e. The van der Waals surface area contributed by atoms with Crippen molar-refractivity contribution in [3.8, 4) is 0 Å². The first-order valence-electron chi connectivity index (χ1n) is 5.36. The Bertz CT molecular complexity index is 424. The van der Waals surface area contributed by atoms with E-state index < -0.39 is 11.5 Å². The molecule has 2 rings (SSSR count). The van der Waals surface area contributed by atoms with E-state index >= 15 is 0 Å². The Balaban J connectivity index is 2.43. The first-order valence-corrected chi connectivity index (χ1v) is 5.36. The molecule has 0 spiro atoms. The SMILES string of the molecule is C[C@@H]1C(=O)CC(=O)C[C@@]1(O)c1ccccc1. The van der Waals surface area contributed by atoms with Gasteiger partial charge in [-0.2, -0.15) is 0 Å². The predicted molar refractivity (Wildman–Crippen MR) is 58.8 cm³/mol. The molecule has 1 aliphatic carbocycles. The summed E-state index contributed by atoms with van der Waals surface area (Å²) < 4.78 is 0. The van der Waals surface area contributed by atoms with Gasteiger partial charge in [0, 0.05) is 12.3 Å². The number of hydrogen-bond donors (Lipinski definition) is 1. The Morgan fingerprint density at radius 3 is 2.50 bits per heavy atom. The second-order valence-electron chi connectivity index (χ2n) is 4.37. The van der Waals surface area contributed by atoms with Crippen molar-refractivity contribution in [1.82, 2.24) is 0 Å². The van der Waals surface area contributed by atoms with Crippen LogP contribution in [0, 0.1) is 5.92 Å². The van der Waals surface area contributed by atoms with Crippen LogP contribution in [0.15, 0.2) is 30.3 Å². The number of Topliss-reactive ketones (excluding diaryl/α,β-unsaturated/α-hetero) is 2. The highest BCUT2D eigenvalue weighted by atomic mass is 16.3. The molecule has 1 N–H and O–H groups in total. The lowest BCUT2D eigenvalue weighted by molar-refractivity contribution is -0.147. The fraction of sp³-hybridized carbons (Fsp3) is 0.385.